The van der Waals surface area contributed by atoms with Gasteiger partial charge in [0.15, 0.2) is 9.84 Å². The topological polar surface area (TPSA) is 91.8 Å². The van der Waals surface area contributed by atoms with E-state index in [1.54, 1.807) is 62.9 Å². The number of aliphatic carboxylic acids is 1. The van der Waals surface area contributed by atoms with Crippen LogP contribution in [0.5, 0.6) is 0 Å². The number of carbonyl (C=O) groups is 2. The summed E-state index contributed by atoms with van der Waals surface area (Å²) in [5.74, 6) is -2.71. The number of carboxylic acid groups (broad SMARTS) is 1. The average Bonchev–Trinajstić information content (AvgIpc) is 2.78. The lowest BCUT2D eigenvalue weighted by molar-refractivity contribution is -0.160. The van der Waals surface area contributed by atoms with Gasteiger partial charge in [-0.3, -0.25) is 9.59 Å². The molecule has 0 aromatic heterocycles. The molecule has 1 heterocycles. The van der Waals surface area contributed by atoms with E-state index in [9.17, 15) is 27.5 Å². The van der Waals surface area contributed by atoms with E-state index in [0.717, 1.165) is 5.56 Å². The van der Waals surface area contributed by atoms with Gasteiger partial charge in [-0.2, -0.15) is 0 Å². The van der Waals surface area contributed by atoms with Gasteiger partial charge in [0.1, 0.15) is 5.82 Å². The predicted octanol–water partition coefficient (Wildman–Crippen LogP) is 6.27. The number of sulfone groups is 1. The maximum absolute atomic E-state index is 14.5. The van der Waals surface area contributed by atoms with Crippen LogP contribution in [-0.4, -0.2) is 47.3 Å². The van der Waals surface area contributed by atoms with Crippen molar-refractivity contribution in [3.8, 4) is 0 Å². The lowest BCUT2D eigenvalue weighted by Crippen LogP contribution is -2.55. The first-order valence-electron chi connectivity index (χ1n) is 12.1. The molecule has 37 heavy (non-hydrogen) atoms. The zero-order valence-corrected chi connectivity index (χ0v) is 23.6. The van der Waals surface area contributed by atoms with E-state index < -0.39 is 56.7 Å². The van der Waals surface area contributed by atoms with Gasteiger partial charge in [0, 0.05) is 22.0 Å². The van der Waals surface area contributed by atoms with Crippen molar-refractivity contribution in [1.82, 2.24) is 4.90 Å². The molecule has 10 heteroatoms. The van der Waals surface area contributed by atoms with Gasteiger partial charge in [-0.25, -0.2) is 12.8 Å². The van der Waals surface area contributed by atoms with E-state index in [2.05, 4.69) is 0 Å². The Kier molecular flexibility index (Phi) is 8.97. The average molecular weight is 573 g/mol. The first-order valence-corrected chi connectivity index (χ1v) is 14.6. The number of nitrogens with zero attached hydrogens (tertiary/aromatic N) is 1. The van der Waals surface area contributed by atoms with E-state index in [0.29, 0.717) is 10.6 Å². The predicted molar refractivity (Wildman–Crippen MR) is 143 cm³/mol. The normalized spacial score (nSPS) is 23.4. The Bertz CT molecular complexity index is 1250. The van der Waals surface area contributed by atoms with Gasteiger partial charge >= 0.3 is 5.97 Å². The molecule has 1 N–H and O–H groups in total. The zero-order valence-electron chi connectivity index (χ0n) is 21.2. The molecule has 0 spiro atoms. The van der Waals surface area contributed by atoms with Crippen molar-refractivity contribution in [2.45, 2.75) is 70.2 Å². The highest BCUT2D eigenvalue weighted by atomic mass is 35.5. The molecule has 3 rings (SSSR count). The van der Waals surface area contributed by atoms with Crippen LogP contribution in [0.3, 0.4) is 0 Å². The van der Waals surface area contributed by atoms with E-state index >= 15 is 0 Å². The molecular formula is C27H32Cl2FNO5S. The SMILES string of the molecule is CC(C)S(=O)(=O)CC[C@H](C)N1C(=O)[C@@](C)(CC(=O)O)C[C@H](c2cc(F)cc(Cl)c2)[C@H]1c1ccc(Cl)cc1. The molecule has 2 aromatic carbocycles. The summed E-state index contributed by atoms with van der Waals surface area (Å²) in [6, 6.07) is 9.91. The molecule has 0 bridgehead atoms. The highest BCUT2D eigenvalue weighted by molar-refractivity contribution is 7.91. The van der Waals surface area contributed by atoms with Crippen LogP contribution in [0.25, 0.3) is 0 Å². The Morgan fingerprint density at radius 2 is 1.73 bits per heavy atom. The molecule has 0 unspecified atom stereocenters. The number of amides is 1. The number of piperidine rings is 1. The Morgan fingerprint density at radius 3 is 2.27 bits per heavy atom. The van der Waals surface area contributed by atoms with Crippen molar-refractivity contribution in [3.63, 3.8) is 0 Å². The fraction of sp³-hybridized carbons (Fsp3) is 0.481. The third-order valence-electron chi connectivity index (χ3n) is 7.18. The largest absolute Gasteiger partial charge is 0.481 e. The quantitative estimate of drug-likeness (QED) is 0.382. The standard InChI is InChI=1S/C27H32Cl2FNO5S/c1-16(2)37(35,36)10-9-17(3)31-25(18-5-7-20(28)8-6-18)23(19-11-21(29)13-22(30)12-19)14-27(4,26(31)34)15-24(32)33/h5-8,11-13,16-17,23,25H,9-10,14-15H2,1-4H3,(H,32,33)/t17-,23+,25+,27+/m0/s1. The molecule has 6 nitrogen and oxygen atoms in total. The lowest BCUT2D eigenvalue weighted by Gasteiger charge is -2.51. The first kappa shape index (κ1) is 29.4. The fourth-order valence-electron chi connectivity index (χ4n) is 5.12. The summed E-state index contributed by atoms with van der Waals surface area (Å²) in [7, 11) is -3.38. The Morgan fingerprint density at radius 1 is 1.11 bits per heavy atom. The third-order valence-corrected chi connectivity index (χ3v) is 9.89. The summed E-state index contributed by atoms with van der Waals surface area (Å²) in [4.78, 5) is 27.4. The summed E-state index contributed by atoms with van der Waals surface area (Å²) in [6.45, 7) is 6.57. The van der Waals surface area contributed by atoms with Crippen LogP contribution < -0.4 is 0 Å². The summed E-state index contributed by atoms with van der Waals surface area (Å²) < 4.78 is 39.6. The Balaban J connectivity index is 2.19. The molecule has 1 saturated heterocycles. The van der Waals surface area contributed by atoms with Crippen LogP contribution in [0.4, 0.5) is 4.39 Å². The lowest BCUT2D eigenvalue weighted by atomic mass is 9.67. The molecule has 1 fully saturated rings. The molecule has 4 atom stereocenters. The zero-order chi connectivity index (χ0) is 27.7. The number of hydrogen-bond acceptors (Lipinski definition) is 4. The smallest absolute Gasteiger partial charge is 0.304 e. The number of carbonyl (C=O) groups excluding carboxylic acids is 1. The van der Waals surface area contributed by atoms with Crippen LogP contribution in [0, 0.1) is 11.2 Å². The van der Waals surface area contributed by atoms with Crippen LogP contribution in [0.2, 0.25) is 10.0 Å². The first-order chi connectivity index (χ1) is 17.1. The maximum atomic E-state index is 14.5. The molecule has 2 aromatic rings. The van der Waals surface area contributed by atoms with E-state index in [1.165, 1.54) is 12.1 Å². The van der Waals surface area contributed by atoms with Gasteiger partial charge in [-0.05, 0) is 75.1 Å². The molecule has 1 aliphatic heterocycles. The van der Waals surface area contributed by atoms with Gasteiger partial charge in [-0.1, -0.05) is 42.3 Å². The fourth-order valence-corrected chi connectivity index (χ4v) is 6.62. The number of benzene rings is 2. The van der Waals surface area contributed by atoms with Gasteiger partial charge in [0.25, 0.3) is 0 Å². The second-order valence-corrected chi connectivity index (χ2v) is 14.0. The minimum atomic E-state index is -3.38. The van der Waals surface area contributed by atoms with E-state index in [-0.39, 0.29) is 29.5 Å². The van der Waals surface area contributed by atoms with Crippen LogP contribution in [0.15, 0.2) is 42.5 Å². The van der Waals surface area contributed by atoms with Crippen LogP contribution in [0.1, 0.15) is 70.0 Å². The van der Waals surface area contributed by atoms with Crippen molar-refractivity contribution in [3.05, 3.63) is 69.5 Å². The number of halogens is 3. The summed E-state index contributed by atoms with van der Waals surface area (Å²) in [5.41, 5.74) is -0.0520. The Labute approximate surface area is 227 Å². The maximum Gasteiger partial charge on any atom is 0.304 e. The number of hydrogen-bond donors (Lipinski definition) is 1. The van der Waals surface area contributed by atoms with Crippen LogP contribution >= 0.6 is 23.2 Å². The van der Waals surface area contributed by atoms with Crippen LogP contribution in [-0.2, 0) is 19.4 Å². The van der Waals surface area contributed by atoms with Crippen molar-refractivity contribution in [1.29, 1.82) is 0 Å². The molecular weight excluding hydrogens is 540 g/mol. The monoisotopic (exact) mass is 571 g/mol. The molecule has 0 radical (unpaired) electrons. The van der Waals surface area contributed by atoms with Gasteiger partial charge < -0.3 is 10.0 Å². The van der Waals surface area contributed by atoms with Gasteiger partial charge in [-0.15, -0.1) is 0 Å². The molecule has 0 aliphatic carbocycles. The Hall–Kier alpha value is -2.16. The molecule has 202 valence electrons. The minimum Gasteiger partial charge on any atom is -0.481 e. The minimum absolute atomic E-state index is 0.130. The van der Waals surface area contributed by atoms with Gasteiger partial charge in [0.05, 0.1) is 28.9 Å². The number of carboxylic acids is 1. The summed E-state index contributed by atoms with van der Waals surface area (Å²) >= 11 is 12.3. The van der Waals surface area contributed by atoms with Crippen molar-refractivity contribution >= 4 is 44.9 Å². The third kappa shape index (κ3) is 6.65. The van der Waals surface area contributed by atoms with E-state index in [1.807, 2.05) is 0 Å². The van der Waals surface area contributed by atoms with Crippen molar-refractivity contribution in [2.24, 2.45) is 5.41 Å². The number of rotatable bonds is 9. The molecule has 1 aliphatic rings. The molecule has 1 amide bonds. The summed E-state index contributed by atoms with van der Waals surface area (Å²) in [5, 5.41) is 9.77. The second kappa shape index (κ2) is 11.3. The van der Waals surface area contributed by atoms with Crippen molar-refractivity contribution in [2.75, 3.05) is 5.75 Å². The van der Waals surface area contributed by atoms with E-state index in [4.69, 9.17) is 23.2 Å². The number of likely N-dealkylation sites (tertiary alicyclic amines) is 1. The summed E-state index contributed by atoms with van der Waals surface area (Å²) in [6.07, 6.45) is -0.124. The molecule has 0 saturated carbocycles. The second-order valence-electron chi connectivity index (χ2n) is 10.4. The van der Waals surface area contributed by atoms with Gasteiger partial charge in [0.2, 0.25) is 5.91 Å². The highest BCUT2D eigenvalue weighted by Gasteiger charge is 2.52. The highest BCUT2D eigenvalue weighted by Crippen LogP contribution is 2.52. The van der Waals surface area contributed by atoms with Crippen molar-refractivity contribution < 1.29 is 27.5 Å².